The Morgan fingerprint density at radius 2 is 1.79 bits per heavy atom. The molecule has 3 rings (SSSR count). The highest BCUT2D eigenvalue weighted by atomic mass is 19.1. The maximum absolute atomic E-state index is 14.5. The molecule has 0 unspecified atom stereocenters. The summed E-state index contributed by atoms with van der Waals surface area (Å²) < 4.78 is 25.2. The third-order valence-corrected chi connectivity index (χ3v) is 5.08. The van der Waals surface area contributed by atoms with Crippen molar-refractivity contribution in [2.45, 2.75) is 39.2 Å². The van der Waals surface area contributed by atoms with E-state index in [0.717, 1.165) is 0 Å². The van der Waals surface area contributed by atoms with E-state index in [1.165, 1.54) is 6.07 Å². The second-order valence-electron chi connectivity index (χ2n) is 8.50. The number of anilines is 2. The molecule has 0 aromatic heterocycles. The van der Waals surface area contributed by atoms with Gasteiger partial charge in [-0.15, -0.1) is 0 Å². The van der Waals surface area contributed by atoms with Crippen LogP contribution in [0.3, 0.4) is 0 Å². The predicted molar refractivity (Wildman–Crippen MR) is 109 cm³/mol. The average molecular weight is 407 g/mol. The second kappa shape index (κ2) is 8.98. The van der Waals surface area contributed by atoms with Gasteiger partial charge in [0.15, 0.2) is 0 Å². The van der Waals surface area contributed by atoms with Crippen LogP contribution in [0, 0.1) is 11.7 Å². The first-order chi connectivity index (χ1) is 13.7. The van der Waals surface area contributed by atoms with Crippen LogP contribution in [0.25, 0.3) is 0 Å². The second-order valence-corrected chi connectivity index (χ2v) is 8.50. The average Bonchev–Trinajstić information content (AvgIpc) is 2.67. The van der Waals surface area contributed by atoms with Gasteiger partial charge in [0.2, 0.25) is 5.91 Å². The van der Waals surface area contributed by atoms with E-state index >= 15 is 0 Å². The van der Waals surface area contributed by atoms with Gasteiger partial charge in [-0.25, -0.2) is 9.18 Å². The van der Waals surface area contributed by atoms with Crippen LogP contribution in [0.1, 0.15) is 33.6 Å². The van der Waals surface area contributed by atoms with Gasteiger partial charge in [0, 0.05) is 37.8 Å². The molecule has 0 bridgehead atoms. The summed E-state index contributed by atoms with van der Waals surface area (Å²) in [5, 5.41) is 2.81. The zero-order chi connectivity index (χ0) is 21.0. The number of carbonyl (C=O) groups excluding carboxylic acids is 2. The van der Waals surface area contributed by atoms with E-state index in [4.69, 9.17) is 9.47 Å². The standard InChI is InChI=1S/C21H30FN3O4/c1-21(2,3)29-20(27)25-8-6-15(7-9-25)19(26)23-16-4-5-18(17(22)14-16)24-10-12-28-13-11-24/h4-5,14-15H,6-13H2,1-3H3,(H,23,26). The molecule has 2 aliphatic rings. The van der Waals surface area contributed by atoms with Crippen molar-refractivity contribution < 1.29 is 23.5 Å². The Morgan fingerprint density at radius 3 is 2.38 bits per heavy atom. The summed E-state index contributed by atoms with van der Waals surface area (Å²) in [5.74, 6) is -0.715. The molecule has 0 spiro atoms. The molecule has 29 heavy (non-hydrogen) atoms. The number of piperidine rings is 1. The molecule has 8 heteroatoms. The minimum Gasteiger partial charge on any atom is -0.444 e. The number of hydrogen-bond acceptors (Lipinski definition) is 5. The highest BCUT2D eigenvalue weighted by Gasteiger charge is 2.30. The van der Waals surface area contributed by atoms with Gasteiger partial charge in [0.1, 0.15) is 11.4 Å². The summed E-state index contributed by atoms with van der Waals surface area (Å²) in [5.41, 5.74) is 0.430. The molecule has 0 atom stereocenters. The van der Waals surface area contributed by atoms with Gasteiger partial charge in [-0.1, -0.05) is 0 Å². The first kappa shape index (κ1) is 21.4. The molecule has 1 N–H and O–H groups in total. The Bertz CT molecular complexity index is 736. The lowest BCUT2D eigenvalue weighted by atomic mass is 9.96. The maximum atomic E-state index is 14.5. The molecule has 7 nitrogen and oxygen atoms in total. The Balaban J connectivity index is 1.52. The summed E-state index contributed by atoms with van der Waals surface area (Å²) >= 11 is 0. The predicted octanol–water partition coefficient (Wildman–Crippen LogP) is 3.25. The molecule has 2 saturated heterocycles. The van der Waals surface area contributed by atoms with Crippen LogP contribution in [0.15, 0.2) is 18.2 Å². The van der Waals surface area contributed by atoms with Crippen molar-refractivity contribution in [2.75, 3.05) is 49.6 Å². The fourth-order valence-electron chi connectivity index (χ4n) is 3.54. The van der Waals surface area contributed by atoms with Crippen molar-refractivity contribution >= 4 is 23.4 Å². The van der Waals surface area contributed by atoms with Crippen LogP contribution in [-0.2, 0) is 14.3 Å². The van der Waals surface area contributed by atoms with Crippen LogP contribution >= 0.6 is 0 Å². The minimum atomic E-state index is -0.539. The number of morpholine rings is 1. The molecule has 2 aliphatic heterocycles. The number of ether oxygens (including phenoxy) is 2. The molecular weight excluding hydrogens is 377 g/mol. The molecule has 1 aromatic rings. The third-order valence-electron chi connectivity index (χ3n) is 5.08. The summed E-state index contributed by atoms with van der Waals surface area (Å²) in [6.07, 6.45) is 0.760. The van der Waals surface area contributed by atoms with Crippen molar-refractivity contribution in [1.29, 1.82) is 0 Å². The molecule has 0 radical (unpaired) electrons. The van der Waals surface area contributed by atoms with E-state index in [0.29, 0.717) is 63.6 Å². The van der Waals surface area contributed by atoms with Gasteiger partial charge in [-0.3, -0.25) is 4.79 Å². The lowest BCUT2D eigenvalue weighted by molar-refractivity contribution is -0.121. The molecule has 1 aromatic carbocycles. The number of nitrogens with one attached hydrogen (secondary N) is 1. The van der Waals surface area contributed by atoms with Crippen LogP contribution in [0.2, 0.25) is 0 Å². The number of benzene rings is 1. The Morgan fingerprint density at radius 1 is 1.14 bits per heavy atom. The summed E-state index contributed by atoms with van der Waals surface area (Å²) in [6, 6.07) is 4.78. The molecule has 2 fully saturated rings. The number of halogens is 1. The lowest BCUT2D eigenvalue weighted by Gasteiger charge is -2.33. The Hall–Kier alpha value is -2.35. The van der Waals surface area contributed by atoms with E-state index in [-0.39, 0.29) is 23.7 Å². The summed E-state index contributed by atoms with van der Waals surface area (Å²) in [4.78, 5) is 28.3. The van der Waals surface area contributed by atoms with Gasteiger partial charge in [0.25, 0.3) is 0 Å². The van der Waals surface area contributed by atoms with Gasteiger partial charge >= 0.3 is 6.09 Å². The van der Waals surface area contributed by atoms with Crippen molar-refractivity contribution in [3.05, 3.63) is 24.0 Å². The smallest absolute Gasteiger partial charge is 0.410 e. The summed E-state index contributed by atoms with van der Waals surface area (Å²) in [7, 11) is 0. The van der Waals surface area contributed by atoms with Gasteiger partial charge in [0.05, 0.1) is 18.9 Å². The number of nitrogens with zero attached hydrogens (tertiary/aromatic N) is 2. The van der Waals surface area contributed by atoms with E-state index in [9.17, 15) is 14.0 Å². The fourth-order valence-corrected chi connectivity index (χ4v) is 3.54. The maximum Gasteiger partial charge on any atom is 0.410 e. The van der Waals surface area contributed by atoms with Crippen molar-refractivity contribution in [3.8, 4) is 0 Å². The van der Waals surface area contributed by atoms with E-state index in [2.05, 4.69) is 5.32 Å². The molecule has 160 valence electrons. The van der Waals surface area contributed by atoms with Crippen LogP contribution in [-0.4, -0.2) is 61.9 Å². The Labute approximate surface area is 171 Å². The van der Waals surface area contributed by atoms with Crippen LogP contribution < -0.4 is 10.2 Å². The van der Waals surface area contributed by atoms with Crippen molar-refractivity contribution in [3.63, 3.8) is 0 Å². The fraction of sp³-hybridized carbons (Fsp3) is 0.619. The normalized spacial score (nSPS) is 18.5. The number of amides is 2. The zero-order valence-electron chi connectivity index (χ0n) is 17.4. The highest BCUT2D eigenvalue weighted by Crippen LogP contribution is 2.25. The van der Waals surface area contributed by atoms with Crippen molar-refractivity contribution in [1.82, 2.24) is 4.90 Å². The molecule has 0 saturated carbocycles. The first-order valence-electron chi connectivity index (χ1n) is 10.1. The van der Waals surface area contributed by atoms with Crippen LogP contribution in [0.5, 0.6) is 0 Å². The molecular formula is C21H30FN3O4. The van der Waals surface area contributed by atoms with Gasteiger partial charge < -0.3 is 24.6 Å². The molecule has 2 amide bonds. The van der Waals surface area contributed by atoms with E-state index in [1.54, 1.807) is 17.0 Å². The third kappa shape index (κ3) is 5.82. The largest absolute Gasteiger partial charge is 0.444 e. The zero-order valence-corrected chi connectivity index (χ0v) is 17.4. The number of rotatable bonds is 3. The SMILES string of the molecule is CC(C)(C)OC(=O)N1CCC(C(=O)Nc2ccc(N3CCOCC3)c(F)c2)CC1. The Kier molecular flexibility index (Phi) is 6.62. The quantitative estimate of drug-likeness (QED) is 0.833. The molecule has 2 heterocycles. The summed E-state index contributed by atoms with van der Waals surface area (Å²) in [6.45, 7) is 8.89. The molecule has 0 aliphatic carbocycles. The highest BCUT2D eigenvalue weighted by molar-refractivity contribution is 5.93. The van der Waals surface area contributed by atoms with Gasteiger partial charge in [-0.05, 0) is 51.8 Å². The van der Waals surface area contributed by atoms with Gasteiger partial charge in [-0.2, -0.15) is 0 Å². The van der Waals surface area contributed by atoms with E-state index < -0.39 is 5.60 Å². The number of hydrogen-bond donors (Lipinski definition) is 1. The lowest BCUT2D eigenvalue weighted by Crippen LogP contribution is -2.43. The van der Waals surface area contributed by atoms with E-state index in [1.807, 2.05) is 25.7 Å². The number of carbonyl (C=O) groups is 2. The van der Waals surface area contributed by atoms with Crippen LogP contribution in [0.4, 0.5) is 20.6 Å². The van der Waals surface area contributed by atoms with Crippen molar-refractivity contribution in [2.24, 2.45) is 5.92 Å². The topological polar surface area (TPSA) is 71.1 Å². The number of likely N-dealkylation sites (tertiary alicyclic amines) is 1. The first-order valence-corrected chi connectivity index (χ1v) is 10.1. The monoisotopic (exact) mass is 407 g/mol. The minimum absolute atomic E-state index is 0.146.